The lowest BCUT2D eigenvalue weighted by atomic mass is 10.2. The molecule has 0 radical (unpaired) electrons. The van der Waals surface area contributed by atoms with Crippen molar-refractivity contribution in [3.63, 3.8) is 0 Å². The van der Waals surface area contributed by atoms with E-state index in [1.165, 1.54) is 0 Å². The van der Waals surface area contributed by atoms with Gasteiger partial charge in [-0.05, 0) is 13.1 Å². The second-order valence-corrected chi connectivity index (χ2v) is 3.15. The van der Waals surface area contributed by atoms with Crippen LogP contribution < -0.4 is 10.1 Å². The first-order valence-electron chi connectivity index (χ1n) is 3.91. The fourth-order valence-electron chi connectivity index (χ4n) is 1.13. The molecule has 2 nitrogen and oxygen atoms in total. The number of hydrogen-bond donors (Lipinski definition) is 1. The number of hydrogen-bond acceptors (Lipinski definition) is 3. The van der Waals surface area contributed by atoms with Gasteiger partial charge in [-0.2, -0.15) is 3.89 Å². The largest absolute Gasteiger partial charge is 0.496 e. The number of rotatable bonds is 4. The molecule has 1 atom stereocenters. The van der Waals surface area contributed by atoms with Crippen molar-refractivity contribution in [2.24, 2.45) is 0 Å². The van der Waals surface area contributed by atoms with Crippen molar-refractivity contribution in [2.45, 2.75) is 5.37 Å². The Balaban J connectivity index is 2.96. The van der Waals surface area contributed by atoms with Crippen molar-refractivity contribution >= 4 is 12.1 Å². The third-order valence-electron chi connectivity index (χ3n) is 1.77. The molecule has 1 aromatic carbocycles. The van der Waals surface area contributed by atoms with Gasteiger partial charge >= 0.3 is 0 Å². The van der Waals surface area contributed by atoms with Crippen LogP contribution in [0.4, 0.5) is 3.89 Å². The fourth-order valence-corrected chi connectivity index (χ4v) is 1.51. The van der Waals surface area contributed by atoms with E-state index in [2.05, 4.69) is 5.32 Å². The summed E-state index contributed by atoms with van der Waals surface area (Å²) in [6, 6.07) is 7.37. The van der Waals surface area contributed by atoms with Gasteiger partial charge < -0.3 is 10.1 Å². The second-order valence-electron chi connectivity index (χ2n) is 2.50. The molecule has 1 aromatic rings. The van der Waals surface area contributed by atoms with Crippen LogP contribution in [0.3, 0.4) is 0 Å². The normalized spacial score (nSPS) is 12.5. The number of nitrogens with one attached hydrogen (secondary N) is 1. The molecule has 0 aliphatic heterocycles. The first kappa shape index (κ1) is 10.3. The Morgan fingerprint density at radius 1 is 1.46 bits per heavy atom. The van der Waals surface area contributed by atoms with Crippen molar-refractivity contribution in [2.75, 3.05) is 14.2 Å². The molecular weight excluding hydrogens is 189 g/mol. The lowest BCUT2D eigenvalue weighted by molar-refractivity contribution is 0.408. The smallest absolute Gasteiger partial charge is 0.124 e. The van der Waals surface area contributed by atoms with Crippen molar-refractivity contribution in [3.8, 4) is 5.75 Å². The minimum Gasteiger partial charge on any atom is -0.496 e. The predicted molar refractivity (Wildman–Crippen MR) is 53.5 cm³/mol. The van der Waals surface area contributed by atoms with Gasteiger partial charge in [-0.25, -0.2) is 0 Å². The molecule has 0 spiro atoms. The van der Waals surface area contributed by atoms with E-state index >= 15 is 0 Å². The molecule has 0 amide bonds. The zero-order valence-corrected chi connectivity index (χ0v) is 8.40. The molecule has 1 rings (SSSR count). The molecular formula is C9H12FNOS. The first-order chi connectivity index (χ1) is 6.33. The first-order valence-corrected chi connectivity index (χ1v) is 4.69. The van der Waals surface area contributed by atoms with E-state index in [9.17, 15) is 3.89 Å². The molecule has 13 heavy (non-hydrogen) atoms. The highest BCUT2D eigenvalue weighted by atomic mass is 32.2. The van der Waals surface area contributed by atoms with E-state index in [1.54, 1.807) is 14.2 Å². The maximum Gasteiger partial charge on any atom is 0.124 e. The third kappa shape index (κ3) is 2.35. The van der Waals surface area contributed by atoms with Gasteiger partial charge in [-0.15, -0.1) is 0 Å². The van der Waals surface area contributed by atoms with E-state index in [-0.39, 0.29) is 17.5 Å². The highest BCUT2D eigenvalue weighted by Gasteiger charge is 2.13. The van der Waals surface area contributed by atoms with E-state index in [4.69, 9.17) is 4.74 Å². The minimum atomic E-state index is -0.365. The maximum atomic E-state index is 12.5. The monoisotopic (exact) mass is 201 g/mol. The van der Waals surface area contributed by atoms with Gasteiger partial charge in [0.1, 0.15) is 11.1 Å². The zero-order valence-electron chi connectivity index (χ0n) is 7.58. The summed E-state index contributed by atoms with van der Waals surface area (Å²) >= 11 is 0.261. The lowest BCUT2D eigenvalue weighted by Crippen LogP contribution is -2.12. The topological polar surface area (TPSA) is 21.3 Å². The highest BCUT2D eigenvalue weighted by molar-refractivity contribution is 7.94. The summed E-state index contributed by atoms with van der Waals surface area (Å²) in [6.45, 7) is 0. The molecule has 1 unspecified atom stereocenters. The Morgan fingerprint density at radius 3 is 2.69 bits per heavy atom. The number of halogens is 1. The maximum absolute atomic E-state index is 12.5. The van der Waals surface area contributed by atoms with Crippen molar-refractivity contribution < 1.29 is 8.62 Å². The molecule has 72 valence electrons. The van der Waals surface area contributed by atoms with Crippen LogP contribution in [0.15, 0.2) is 24.3 Å². The van der Waals surface area contributed by atoms with Gasteiger partial charge in [0.25, 0.3) is 0 Å². The molecule has 0 aromatic heterocycles. The molecule has 0 fully saturated rings. The van der Waals surface area contributed by atoms with Crippen LogP contribution in [0, 0.1) is 0 Å². The van der Waals surface area contributed by atoms with Gasteiger partial charge in [0, 0.05) is 5.56 Å². The van der Waals surface area contributed by atoms with Crippen LogP contribution in [0.5, 0.6) is 5.75 Å². The van der Waals surface area contributed by atoms with Gasteiger partial charge in [0.2, 0.25) is 0 Å². The number of ether oxygens (including phenoxy) is 1. The number of benzene rings is 1. The van der Waals surface area contributed by atoms with Gasteiger partial charge in [-0.3, -0.25) is 0 Å². The summed E-state index contributed by atoms with van der Waals surface area (Å²) < 4.78 is 17.6. The zero-order chi connectivity index (χ0) is 9.68. The SMILES string of the molecule is CNC(SF)c1ccccc1OC. The molecule has 0 saturated carbocycles. The minimum absolute atomic E-state index is 0.261. The van der Waals surface area contributed by atoms with Gasteiger partial charge in [0.15, 0.2) is 0 Å². The van der Waals surface area contributed by atoms with Crippen LogP contribution in [-0.4, -0.2) is 14.2 Å². The standard InChI is InChI=1S/C9H12FNOS/c1-11-9(13-10)7-5-3-4-6-8(7)12-2/h3-6,9,11H,1-2H3. The summed E-state index contributed by atoms with van der Waals surface area (Å²) in [6.07, 6.45) is 0. The highest BCUT2D eigenvalue weighted by Crippen LogP contribution is 2.32. The molecule has 0 bridgehead atoms. The van der Waals surface area contributed by atoms with Crippen LogP contribution in [0.2, 0.25) is 0 Å². The Kier molecular flexibility index (Phi) is 4.05. The van der Waals surface area contributed by atoms with Crippen molar-refractivity contribution in [3.05, 3.63) is 29.8 Å². The van der Waals surface area contributed by atoms with Gasteiger partial charge in [-0.1, -0.05) is 18.2 Å². The summed E-state index contributed by atoms with van der Waals surface area (Å²) in [5.74, 6) is 0.701. The predicted octanol–water partition coefficient (Wildman–Crippen LogP) is 2.53. The van der Waals surface area contributed by atoms with Crippen molar-refractivity contribution in [1.82, 2.24) is 5.32 Å². The number of para-hydroxylation sites is 1. The third-order valence-corrected chi connectivity index (χ3v) is 2.44. The molecule has 0 aliphatic rings. The van der Waals surface area contributed by atoms with Crippen LogP contribution in [0.1, 0.15) is 10.9 Å². The average Bonchev–Trinajstić information content (AvgIpc) is 2.20. The van der Waals surface area contributed by atoms with Crippen LogP contribution in [-0.2, 0) is 0 Å². The second kappa shape index (κ2) is 5.09. The molecule has 0 aliphatic carbocycles. The van der Waals surface area contributed by atoms with Crippen LogP contribution in [0.25, 0.3) is 0 Å². The molecule has 1 N–H and O–H groups in total. The summed E-state index contributed by atoms with van der Waals surface area (Å²) in [5.41, 5.74) is 0.819. The number of methoxy groups -OCH3 is 1. The van der Waals surface area contributed by atoms with E-state index in [0.29, 0.717) is 5.75 Å². The lowest BCUT2D eigenvalue weighted by Gasteiger charge is -2.14. The van der Waals surface area contributed by atoms with E-state index in [1.807, 2.05) is 24.3 Å². The summed E-state index contributed by atoms with van der Waals surface area (Å²) in [4.78, 5) is 0. The molecule has 0 heterocycles. The Hall–Kier alpha value is -0.740. The van der Waals surface area contributed by atoms with E-state index < -0.39 is 0 Å². The Morgan fingerprint density at radius 2 is 2.15 bits per heavy atom. The summed E-state index contributed by atoms with van der Waals surface area (Å²) in [7, 11) is 3.29. The molecule has 4 heteroatoms. The van der Waals surface area contributed by atoms with Crippen molar-refractivity contribution in [1.29, 1.82) is 0 Å². The fraction of sp³-hybridized carbons (Fsp3) is 0.333. The van der Waals surface area contributed by atoms with Gasteiger partial charge in [0.05, 0.1) is 19.3 Å². The summed E-state index contributed by atoms with van der Waals surface area (Å²) in [5, 5.41) is 2.49. The molecule has 0 saturated heterocycles. The quantitative estimate of drug-likeness (QED) is 0.756. The van der Waals surface area contributed by atoms with Crippen LogP contribution >= 0.6 is 12.1 Å². The average molecular weight is 201 g/mol. The van der Waals surface area contributed by atoms with E-state index in [0.717, 1.165) is 5.56 Å². The Bertz CT molecular complexity index is 266. The Labute approximate surface area is 81.8 Å².